The third-order valence-corrected chi connectivity index (χ3v) is 4.99. The number of hydrogen-bond acceptors (Lipinski definition) is 3. The molecule has 0 radical (unpaired) electrons. The highest BCUT2D eigenvalue weighted by Gasteiger charge is 2.38. The second-order valence-corrected chi connectivity index (χ2v) is 6.87. The van der Waals surface area contributed by atoms with Crippen molar-refractivity contribution in [1.82, 2.24) is 5.32 Å². The van der Waals surface area contributed by atoms with Crippen LogP contribution in [-0.2, 0) is 9.53 Å². The summed E-state index contributed by atoms with van der Waals surface area (Å²) in [6, 6.07) is 9.51. The topological polar surface area (TPSA) is 58.6 Å². The molecule has 3 rings (SSSR count). The van der Waals surface area contributed by atoms with Gasteiger partial charge in [0.1, 0.15) is 5.82 Å². The monoisotopic (exact) mass is 422 g/mol. The van der Waals surface area contributed by atoms with Crippen molar-refractivity contribution in [3.05, 3.63) is 75.2 Å². The standard InChI is InChI=1S/C20H17Cl2FN2O3/c1-3-28-19(26)17-11(2)25(12-8-9-16(23)15(22)10-12)20(27)24-18(17)13-6-4-5-7-14(13)21/h4-10,18H,3H2,1-2H3,(H,24,27). The molecular weight excluding hydrogens is 406 g/mol. The van der Waals surface area contributed by atoms with E-state index in [1.165, 1.54) is 17.0 Å². The van der Waals surface area contributed by atoms with Gasteiger partial charge in [-0.1, -0.05) is 41.4 Å². The average Bonchev–Trinajstić information content (AvgIpc) is 2.64. The number of halogens is 3. The van der Waals surface area contributed by atoms with Gasteiger partial charge < -0.3 is 10.1 Å². The number of urea groups is 1. The minimum atomic E-state index is -0.785. The van der Waals surface area contributed by atoms with Crippen molar-refractivity contribution in [3.8, 4) is 0 Å². The number of amides is 2. The lowest BCUT2D eigenvalue weighted by Crippen LogP contribution is -2.48. The zero-order valence-corrected chi connectivity index (χ0v) is 16.6. The number of ether oxygens (including phenoxy) is 1. The molecule has 1 aliphatic heterocycles. The summed E-state index contributed by atoms with van der Waals surface area (Å²) in [5.41, 5.74) is 1.46. The van der Waals surface area contributed by atoms with E-state index in [0.29, 0.717) is 22.0 Å². The zero-order chi connectivity index (χ0) is 20.4. The van der Waals surface area contributed by atoms with E-state index in [4.69, 9.17) is 27.9 Å². The van der Waals surface area contributed by atoms with Crippen LogP contribution < -0.4 is 10.2 Å². The number of rotatable bonds is 4. The summed E-state index contributed by atoms with van der Waals surface area (Å²) in [6.07, 6.45) is 0. The van der Waals surface area contributed by atoms with Gasteiger partial charge in [0.25, 0.3) is 0 Å². The van der Waals surface area contributed by atoms with Gasteiger partial charge >= 0.3 is 12.0 Å². The Balaban J connectivity index is 2.17. The summed E-state index contributed by atoms with van der Waals surface area (Å²) in [7, 11) is 0. The first kappa shape index (κ1) is 20.2. The quantitative estimate of drug-likeness (QED) is 0.685. The van der Waals surface area contributed by atoms with Crippen LogP contribution in [0.3, 0.4) is 0 Å². The van der Waals surface area contributed by atoms with Crippen LogP contribution >= 0.6 is 23.2 Å². The Kier molecular flexibility index (Phi) is 5.91. The maximum atomic E-state index is 13.5. The Morgan fingerprint density at radius 3 is 2.57 bits per heavy atom. The van der Waals surface area contributed by atoms with Gasteiger partial charge in [0.2, 0.25) is 0 Å². The third kappa shape index (κ3) is 3.70. The molecule has 1 N–H and O–H groups in total. The van der Waals surface area contributed by atoms with E-state index in [0.717, 1.165) is 6.07 Å². The molecule has 0 fully saturated rings. The first-order valence-electron chi connectivity index (χ1n) is 8.53. The molecule has 1 aliphatic rings. The van der Waals surface area contributed by atoms with E-state index in [9.17, 15) is 14.0 Å². The predicted octanol–water partition coefficient (Wildman–Crippen LogP) is 5.24. The van der Waals surface area contributed by atoms with Crippen LogP contribution in [0.2, 0.25) is 10.0 Å². The van der Waals surface area contributed by atoms with Gasteiger partial charge in [0, 0.05) is 10.7 Å². The number of carbonyl (C=O) groups is 2. The summed E-state index contributed by atoms with van der Waals surface area (Å²) >= 11 is 12.2. The fourth-order valence-corrected chi connectivity index (χ4v) is 3.51. The van der Waals surface area contributed by atoms with Crippen molar-refractivity contribution in [3.63, 3.8) is 0 Å². The highest BCUT2D eigenvalue weighted by atomic mass is 35.5. The Bertz CT molecular complexity index is 978. The summed E-state index contributed by atoms with van der Waals surface area (Å²) < 4.78 is 18.7. The smallest absolute Gasteiger partial charge is 0.338 e. The molecule has 1 atom stereocenters. The van der Waals surface area contributed by atoms with Gasteiger partial charge in [0.15, 0.2) is 0 Å². The van der Waals surface area contributed by atoms with E-state index in [-0.39, 0.29) is 17.2 Å². The molecule has 146 valence electrons. The van der Waals surface area contributed by atoms with Crippen molar-refractivity contribution in [1.29, 1.82) is 0 Å². The molecule has 0 saturated carbocycles. The number of anilines is 1. The lowest BCUT2D eigenvalue weighted by atomic mass is 9.94. The minimum Gasteiger partial charge on any atom is -0.463 e. The molecule has 0 aliphatic carbocycles. The van der Waals surface area contributed by atoms with Gasteiger partial charge in [-0.05, 0) is 43.7 Å². The summed E-state index contributed by atoms with van der Waals surface area (Å²) in [6.45, 7) is 3.48. The molecule has 0 aromatic heterocycles. The summed E-state index contributed by atoms with van der Waals surface area (Å²) in [5, 5.41) is 3.05. The number of benzene rings is 2. The van der Waals surface area contributed by atoms with Gasteiger partial charge in [-0.2, -0.15) is 0 Å². The van der Waals surface area contributed by atoms with Crippen LogP contribution in [0, 0.1) is 5.82 Å². The molecule has 1 unspecified atom stereocenters. The van der Waals surface area contributed by atoms with E-state index >= 15 is 0 Å². The molecule has 5 nitrogen and oxygen atoms in total. The molecule has 2 aromatic rings. The fraction of sp³-hybridized carbons (Fsp3) is 0.200. The van der Waals surface area contributed by atoms with Crippen molar-refractivity contribution < 1.29 is 18.7 Å². The highest BCUT2D eigenvalue weighted by molar-refractivity contribution is 6.31. The lowest BCUT2D eigenvalue weighted by molar-refractivity contribution is -0.139. The van der Waals surface area contributed by atoms with Crippen LogP contribution in [-0.4, -0.2) is 18.6 Å². The second-order valence-electron chi connectivity index (χ2n) is 6.06. The Morgan fingerprint density at radius 2 is 1.93 bits per heavy atom. The van der Waals surface area contributed by atoms with E-state index < -0.39 is 23.9 Å². The van der Waals surface area contributed by atoms with E-state index in [1.54, 1.807) is 38.1 Å². The lowest BCUT2D eigenvalue weighted by Gasteiger charge is -2.35. The van der Waals surface area contributed by atoms with Crippen molar-refractivity contribution in [2.24, 2.45) is 0 Å². The maximum absolute atomic E-state index is 13.5. The Hall–Kier alpha value is -2.57. The molecule has 8 heteroatoms. The molecular formula is C20H17Cl2FN2O3. The molecule has 28 heavy (non-hydrogen) atoms. The van der Waals surface area contributed by atoms with Crippen molar-refractivity contribution in [2.75, 3.05) is 11.5 Å². The summed E-state index contributed by atoms with van der Waals surface area (Å²) in [4.78, 5) is 26.8. The fourth-order valence-electron chi connectivity index (χ4n) is 3.09. The number of allylic oxidation sites excluding steroid dienone is 1. The number of nitrogens with zero attached hydrogens (tertiary/aromatic N) is 1. The SMILES string of the molecule is CCOC(=O)C1=C(C)N(c2ccc(F)c(Cl)c2)C(=O)NC1c1ccccc1Cl. The highest BCUT2D eigenvalue weighted by Crippen LogP contribution is 2.37. The summed E-state index contributed by atoms with van der Waals surface area (Å²) in [5.74, 6) is -1.19. The number of esters is 1. The van der Waals surface area contributed by atoms with Crippen LogP contribution in [0.4, 0.5) is 14.9 Å². The molecule has 2 amide bonds. The average molecular weight is 423 g/mol. The van der Waals surface area contributed by atoms with Crippen LogP contribution in [0.15, 0.2) is 53.7 Å². The van der Waals surface area contributed by atoms with Crippen LogP contribution in [0.1, 0.15) is 25.5 Å². The second kappa shape index (κ2) is 8.20. The normalized spacial score (nSPS) is 16.8. The van der Waals surface area contributed by atoms with E-state index in [2.05, 4.69) is 5.32 Å². The first-order chi connectivity index (χ1) is 13.3. The number of nitrogens with one attached hydrogen (secondary N) is 1. The Labute approximate surface area is 171 Å². The van der Waals surface area contributed by atoms with Gasteiger partial charge in [-0.25, -0.2) is 14.0 Å². The number of carbonyl (C=O) groups excluding carboxylic acids is 2. The third-order valence-electron chi connectivity index (χ3n) is 4.36. The number of hydrogen-bond donors (Lipinski definition) is 1. The Morgan fingerprint density at radius 1 is 1.21 bits per heavy atom. The first-order valence-corrected chi connectivity index (χ1v) is 9.28. The molecule has 0 spiro atoms. The predicted molar refractivity (Wildman–Crippen MR) is 106 cm³/mol. The van der Waals surface area contributed by atoms with Crippen molar-refractivity contribution in [2.45, 2.75) is 19.9 Å². The molecule has 0 saturated heterocycles. The van der Waals surface area contributed by atoms with Crippen LogP contribution in [0.25, 0.3) is 0 Å². The van der Waals surface area contributed by atoms with Gasteiger partial charge in [0.05, 0.1) is 28.9 Å². The van der Waals surface area contributed by atoms with Gasteiger partial charge in [-0.3, -0.25) is 4.90 Å². The van der Waals surface area contributed by atoms with Gasteiger partial charge in [-0.15, -0.1) is 0 Å². The van der Waals surface area contributed by atoms with E-state index in [1.807, 2.05) is 0 Å². The maximum Gasteiger partial charge on any atom is 0.338 e. The largest absolute Gasteiger partial charge is 0.463 e. The zero-order valence-electron chi connectivity index (χ0n) is 15.1. The molecule has 1 heterocycles. The molecule has 0 bridgehead atoms. The minimum absolute atomic E-state index is 0.135. The molecule has 2 aromatic carbocycles. The van der Waals surface area contributed by atoms with Crippen molar-refractivity contribution >= 4 is 40.9 Å². The van der Waals surface area contributed by atoms with Crippen LogP contribution in [0.5, 0.6) is 0 Å².